The molecule has 3 aromatic rings. The Bertz CT molecular complexity index is 1080. The Balaban J connectivity index is 1.77. The number of fused-ring (bicyclic) bond motifs is 2. The SMILES string of the molecule is COC(=O)/C=C/c1cc(F)cc2c(C)cn(Cc3ccc4c(c3)OCCO4)c12. The number of esters is 1. The van der Waals surface area contributed by atoms with E-state index >= 15 is 0 Å². The number of hydrogen-bond acceptors (Lipinski definition) is 4. The molecule has 0 N–H and O–H groups in total. The summed E-state index contributed by atoms with van der Waals surface area (Å²) in [7, 11) is 1.31. The molecule has 5 nitrogen and oxygen atoms in total. The van der Waals surface area contributed by atoms with E-state index in [-0.39, 0.29) is 5.82 Å². The molecule has 0 atom stereocenters. The Morgan fingerprint density at radius 2 is 2.00 bits per heavy atom. The second-order valence-corrected chi connectivity index (χ2v) is 6.67. The molecule has 0 spiro atoms. The van der Waals surface area contributed by atoms with E-state index < -0.39 is 5.97 Å². The van der Waals surface area contributed by atoms with Gasteiger partial charge in [0.2, 0.25) is 0 Å². The van der Waals surface area contributed by atoms with E-state index in [0.29, 0.717) is 25.3 Å². The van der Waals surface area contributed by atoms with Crippen LogP contribution in [0.3, 0.4) is 0 Å². The molecule has 0 saturated carbocycles. The van der Waals surface area contributed by atoms with Gasteiger partial charge in [-0.3, -0.25) is 0 Å². The number of nitrogens with zero attached hydrogens (tertiary/aromatic N) is 1. The molecule has 0 radical (unpaired) electrons. The maximum atomic E-state index is 14.1. The van der Waals surface area contributed by atoms with Gasteiger partial charge >= 0.3 is 5.97 Å². The number of aryl methyl sites for hydroxylation is 1. The van der Waals surface area contributed by atoms with E-state index in [2.05, 4.69) is 4.74 Å². The first-order valence-corrected chi connectivity index (χ1v) is 8.98. The van der Waals surface area contributed by atoms with Crippen molar-refractivity contribution >= 4 is 22.9 Å². The highest BCUT2D eigenvalue weighted by Crippen LogP contribution is 2.32. The molecule has 4 rings (SSSR count). The monoisotopic (exact) mass is 381 g/mol. The smallest absolute Gasteiger partial charge is 0.330 e. The standard InChI is InChI=1S/C22H20FNO4/c1-14-12-24(13-15-3-5-19-20(9-15)28-8-7-27-19)22-16(4-6-21(25)26-2)10-17(23)11-18(14)22/h3-6,9-12H,7-8,13H2,1-2H3/b6-4+. The Labute approximate surface area is 161 Å². The molecule has 1 aromatic heterocycles. The van der Waals surface area contributed by atoms with Crippen LogP contribution in [0.25, 0.3) is 17.0 Å². The lowest BCUT2D eigenvalue weighted by Crippen LogP contribution is -2.15. The summed E-state index contributed by atoms with van der Waals surface area (Å²) in [6.07, 6.45) is 4.86. The number of rotatable bonds is 4. The largest absolute Gasteiger partial charge is 0.486 e. The number of hydrogen-bond donors (Lipinski definition) is 0. The van der Waals surface area contributed by atoms with Gasteiger partial charge < -0.3 is 18.8 Å². The zero-order valence-electron chi connectivity index (χ0n) is 15.7. The fourth-order valence-corrected chi connectivity index (χ4v) is 3.47. The van der Waals surface area contributed by atoms with Crippen LogP contribution in [0.1, 0.15) is 16.7 Å². The van der Waals surface area contributed by atoms with Crippen LogP contribution < -0.4 is 9.47 Å². The van der Waals surface area contributed by atoms with E-state index in [0.717, 1.165) is 33.5 Å². The van der Waals surface area contributed by atoms with Gasteiger partial charge in [0.15, 0.2) is 11.5 Å². The van der Waals surface area contributed by atoms with Crippen molar-refractivity contribution in [2.45, 2.75) is 13.5 Å². The summed E-state index contributed by atoms with van der Waals surface area (Å²) in [4.78, 5) is 11.5. The molecule has 0 unspecified atom stereocenters. The summed E-state index contributed by atoms with van der Waals surface area (Å²) in [6.45, 7) is 3.60. The average Bonchev–Trinajstić information content (AvgIpc) is 3.01. The summed E-state index contributed by atoms with van der Waals surface area (Å²) in [6, 6.07) is 8.79. The van der Waals surface area contributed by atoms with Crippen molar-refractivity contribution in [1.29, 1.82) is 0 Å². The molecule has 6 heteroatoms. The van der Waals surface area contributed by atoms with Gasteiger partial charge in [0, 0.05) is 29.8 Å². The molecule has 1 aliphatic rings. The van der Waals surface area contributed by atoms with Gasteiger partial charge in [0.05, 0.1) is 12.6 Å². The van der Waals surface area contributed by atoms with Gasteiger partial charge in [-0.1, -0.05) is 6.07 Å². The van der Waals surface area contributed by atoms with Crippen LogP contribution in [-0.4, -0.2) is 30.9 Å². The predicted molar refractivity (Wildman–Crippen MR) is 104 cm³/mol. The number of benzene rings is 2. The molecule has 144 valence electrons. The molecule has 0 fully saturated rings. The topological polar surface area (TPSA) is 49.7 Å². The summed E-state index contributed by atoms with van der Waals surface area (Å²) in [5.41, 5.74) is 3.47. The van der Waals surface area contributed by atoms with Gasteiger partial charge in [0.25, 0.3) is 0 Å². The molecule has 0 aliphatic carbocycles. The van der Waals surface area contributed by atoms with Gasteiger partial charge in [-0.15, -0.1) is 0 Å². The number of carbonyl (C=O) groups is 1. The van der Waals surface area contributed by atoms with Gasteiger partial charge in [-0.25, -0.2) is 9.18 Å². The minimum Gasteiger partial charge on any atom is -0.486 e. The van der Waals surface area contributed by atoms with Crippen LogP contribution in [-0.2, 0) is 16.1 Å². The van der Waals surface area contributed by atoms with Crippen molar-refractivity contribution < 1.29 is 23.4 Å². The van der Waals surface area contributed by atoms with E-state index in [1.807, 2.05) is 35.9 Å². The van der Waals surface area contributed by atoms with Crippen LogP contribution >= 0.6 is 0 Å². The van der Waals surface area contributed by atoms with Crippen LogP contribution in [0.2, 0.25) is 0 Å². The fourth-order valence-electron chi connectivity index (χ4n) is 3.47. The Morgan fingerprint density at radius 3 is 2.79 bits per heavy atom. The molecule has 2 heterocycles. The molecule has 1 aliphatic heterocycles. The molecular formula is C22H20FNO4. The minimum atomic E-state index is -0.487. The van der Waals surface area contributed by atoms with Crippen molar-refractivity contribution in [3.8, 4) is 11.5 Å². The summed E-state index contributed by atoms with van der Waals surface area (Å²) < 4.78 is 32.1. The maximum absolute atomic E-state index is 14.1. The number of halogens is 1. The van der Waals surface area contributed by atoms with E-state index in [4.69, 9.17) is 9.47 Å². The summed E-state index contributed by atoms with van der Waals surface area (Å²) in [5.74, 6) is 0.636. The normalized spacial score (nSPS) is 13.2. The zero-order valence-corrected chi connectivity index (χ0v) is 15.7. The second-order valence-electron chi connectivity index (χ2n) is 6.67. The third-order valence-corrected chi connectivity index (χ3v) is 4.73. The molecular weight excluding hydrogens is 361 g/mol. The van der Waals surface area contributed by atoms with Crippen molar-refractivity contribution in [2.75, 3.05) is 20.3 Å². The van der Waals surface area contributed by atoms with Gasteiger partial charge in [0.1, 0.15) is 19.0 Å². The minimum absolute atomic E-state index is 0.350. The number of carbonyl (C=O) groups excluding carboxylic acids is 1. The lowest BCUT2D eigenvalue weighted by molar-refractivity contribution is -0.134. The molecule has 0 saturated heterocycles. The number of methoxy groups -OCH3 is 1. The van der Waals surface area contributed by atoms with E-state index in [9.17, 15) is 9.18 Å². The van der Waals surface area contributed by atoms with Crippen molar-refractivity contribution in [1.82, 2.24) is 4.57 Å². The average molecular weight is 381 g/mol. The van der Waals surface area contributed by atoms with Crippen LogP contribution in [0, 0.1) is 12.7 Å². The van der Waals surface area contributed by atoms with Gasteiger partial charge in [-0.05, 0) is 48.4 Å². The Morgan fingerprint density at radius 1 is 1.21 bits per heavy atom. The van der Waals surface area contributed by atoms with E-state index in [1.165, 1.54) is 25.3 Å². The summed E-state index contributed by atoms with van der Waals surface area (Å²) >= 11 is 0. The first kappa shape index (κ1) is 18.1. The van der Waals surface area contributed by atoms with Crippen LogP contribution in [0.5, 0.6) is 11.5 Å². The molecule has 2 aromatic carbocycles. The Hall–Kier alpha value is -3.28. The highest BCUT2D eigenvalue weighted by atomic mass is 19.1. The first-order chi connectivity index (χ1) is 13.5. The van der Waals surface area contributed by atoms with Gasteiger partial charge in [-0.2, -0.15) is 0 Å². The summed E-state index contributed by atoms with van der Waals surface area (Å²) in [5, 5.41) is 0.807. The quantitative estimate of drug-likeness (QED) is 0.504. The zero-order chi connectivity index (χ0) is 19.7. The molecule has 0 bridgehead atoms. The third kappa shape index (κ3) is 3.45. The highest BCUT2D eigenvalue weighted by Gasteiger charge is 2.15. The number of ether oxygens (including phenoxy) is 3. The van der Waals surface area contributed by atoms with Crippen molar-refractivity contribution in [2.24, 2.45) is 0 Å². The highest BCUT2D eigenvalue weighted by molar-refractivity contribution is 5.95. The lowest BCUT2D eigenvalue weighted by atomic mass is 10.1. The first-order valence-electron chi connectivity index (χ1n) is 8.98. The van der Waals surface area contributed by atoms with Crippen LogP contribution in [0.4, 0.5) is 4.39 Å². The lowest BCUT2D eigenvalue weighted by Gasteiger charge is -2.19. The third-order valence-electron chi connectivity index (χ3n) is 4.73. The maximum Gasteiger partial charge on any atom is 0.330 e. The predicted octanol–water partition coefficient (Wildman–Crippen LogP) is 4.09. The Kier molecular flexibility index (Phi) is 4.77. The molecule has 28 heavy (non-hydrogen) atoms. The molecule has 0 amide bonds. The second kappa shape index (κ2) is 7.38. The van der Waals surface area contributed by atoms with Crippen molar-refractivity contribution in [3.63, 3.8) is 0 Å². The van der Waals surface area contributed by atoms with Crippen molar-refractivity contribution in [3.05, 3.63) is 65.1 Å². The van der Waals surface area contributed by atoms with Crippen LogP contribution in [0.15, 0.2) is 42.6 Å². The number of aromatic nitrogens is 1. The fraction of sp³-hybridized carbons (Fsp3) is 0.227. The van der Waals surface area contributed by atoms with E-state index in [1.54, 1.807) is 6.08 Å².